The average molecular weight is 341 g/mol. The van der Waals surface area contributed by atoms with Crippen molar-refractivity contribution in [3.05, 3.63) is 58.3 Å². The van der Waals surface area contributed by atoms with E-state index in [0.29, 0.717) is 18.1 Å². The number of aryl methyl sites for hydroxylation is 2. The average Bonchev–Trinajstić information content (AvgIpc) is 2.53. The number of ether oxygens (including phenoxy) is 2. The molecular formula is C21H27NO3. The first-order valence-electron chi connectivity index (χ1n) is 8.59. The third-order valence-electron chi connectivity index (χ3n) is 4.18. The van der Waals surface area contributed by atoms with Crippen molar-refractivity contribution >= 4 is 5.97 Å². The third-order valence-corrected chi connectivity index (χ3v) is 4.18. The zero-order chi connectivity index (χ0) is 18.6. The lowest BCUT2D eigenvalue weighted by molar-refractivity contribution is 0.0466. The molecule has 0 unspecified atom stereocenters. The molecule has 0 radical (unpaired) electrons. The van der Waals surface area contributed by atoms with Gasteiger partial charge in [0.2, 0.25) is 5.88 Å². The van der Waals surface area contributed by atoms with Crippen molar-refractivity contribution < 1.29 is 14.3 Å². The Bertz CT molecular complexity index is 737. The van der Waals surface area contributed by atoms with E-state index in [1.165, 1.54) is 5.56 Å². The van der Waals surface area contributed by atoms with Gasteiger partial charge in [0.1, 0.15) is 12.2 Å². The molecule has 1 heterocycles. The lowest BCUT2D eigenvalue weighted by Gasteiger charge is -2.22. The van der Waals surface area contributed by atoms with Gasteiger partial charge in [-0.1, -0.05) is 32.9 Å². The monoisotopic (exact) mass is 341 g/mol. The molecule has 134 valence electrons. The highest BCUT2D eigenvalue weighted by molar-refractivity contribution is 5.91. The van der Waals surface area contributed by atoms with Gasteiger partial charge in [0.15, 0.2) is 0 Å². The van der Waals surface area contributed by atoms with Gasteiger partial charge in [-0.3, -0.25) is 0 Å². The van der Waals surface area contributed by atoms with Gasteiger partial charge in [-0.15, -0.1) is 0 Å². The maximum Gasteiger partial charge on any atom is 0.343 e. The van der Waals surface area contributed by atoms with E-state index in [1.54, 1.807) is 18.3 Å². The summed E-state index contributed by atoms with van der Waals surface area (Å²) in [5, 5.41) is 0. The standard InChI is InChI=1S/C21H27NO3/c1-7-24-19-17(9-8-10-22-19)20(23)25-13-18-14(2)11-16(12-15(18)3)21(4,5)6/h8-12H,7,13H2,1-6H3. The minimum atomic E-state index is -0.421. The van der Waals surface area contributed by atoms with Crippen LogP contribution in [-0.2, 0) is 16.8 Å². The molecular weight excluding hydrogens is 314 g/mol. The second kappa shape index (κ2) is 7.68. The molecule has 4 heteroatoms. The number of hydrogen-bond donors (Lipinski definition) is 0. The van der Waals surface area contributed by atoms with Crippen LogP contribution in [-0.4, -0.2) is 17.6 Å². The summed E-state index contributed by atoms with van der Waals surface area (Å²) in [4.78, 5) is 16.5. The molecule has 0 bridgehead atoms. The molecule has 0 aliphatic carbocycles. The summed E-state index contributed by atoms with van der Waals surface area (Å²) in [6, 6.07) is 7.72. The predicted octanol–water partition coefficient (Wildman–Crippen LogP) is 4.75. The summed E-state index contributed by atoms with van der Waals surface area (Å²) in [5.74, 6) is -0.109. The van der Waals surface area contributed by atoms with Crippen LogP contribution < -0.4 is 4.74 Å². The van der Waals surface area contributed by atoms with Crippen LogP contribution in [0.5, 0.6) is 5.88 Å². The number of rotatable bonds is 5. The molecule has 0 amide bonds. The summed E-state index contributed by atoms with van der Waals surface area (Å²) in [5.41, 5.74) is 5.04. The van der Waals surface area contributed by atoms with Crippen LogP contribution in [0.2, 0.25) is 0 Å². The van der Waals surface area contributed by atoms with Crippen molar-refractivity contribution in [1.82, 2.24) is 4.98 Å². The van der Waals surface area contributed by atoms with E-state index in [-0.39, 0.29) is 12.0 Å². The first-order chi connectivity index (χ1) is 11.7. The number of esters is 1. The second-order valence-electron chi connectivity index (χ2n) is 7.20. The molecule has 0 saturated heterocycles. The number of benzene rings is 1. The first kappa shape index (κ1) is 19.0. The van der Waals surface area contributed by atoms with Gasteiger partial charge in [-0.2, -0.15) is 0 Å². The lowest BCUT2D eigenvalue weighted by Crippen LogP contribution is -2.14. The van der Waals surface area contributed by atoms with Gasteiger partial charge in [0.25, 0.3) is 0 Å². The Balaban J connectivity index is 2.18. The Morgan fingerprint density at radius 2 is 1.80 bits per heavy atom. The molecule has 0 aliphatic heterocycles. The fraction of sp³-hybridized carbons (Fsp3) is 0.429. The highest BCUT2D eigenvalue weighted by Crippen LogP contribution is 2.27. The summed E-state index contributed by atoms with van der Waals surface area (Å²) < 4.78 is 10.9. The van der Waals surface area contributed by atoms with Crippen molar-refractivity contribution in [2.24, 2.45) is 0 Å². The van der Waals surface area contributed by atoms with Gasteiger partial charge < -0.3 is 9.47 Å². The number of carbonyl (C=O) groups is 1. The minimum absolute atomic E-state index is 0.0901. The molecule has 0 fully saturated rings. The Labute approximate surface area is 150 Å². The van der Waals surface area contributed by atoms with Crippen molar-refractivity contribution in [3.63, 3.8) is 0 Å². The van der Waals surface area contributed by atoms with Crippen LogP contribution in [0.25, 0.3) is 0 Å². The number of pyridine rings is 1. The van der Waals surface area contributed by atoms with E-state index in [9.17, 15) is 4.79 Å². The van der Waals surface area contributed by atoms with Gasteiger partial charge in [-0.25, -0.2) is 9.78 Å². The second-order valence-corrected chi connectivity index (χ2v) is 7.20. The molecule has 1 aromatic heterocycles. The fourth-order valence-electron chi connectivity index (χ4n) is 2.67. The van der Waals surface area contributed by atoms with Crippen molar-refractivity contribution in [2.45, 2.75) is 53.6 Å². The van der Waals surface area contributed by atoms with Crippen LogP contribution in [0.1, 0.15) is 60.3 Å². The molecule has 4 nitrogen and oxygen atoms in total. The van der Waals surface area contributed by atoms with Crippen molar-refractivity contribution in [1.29, 1.82) is 0 Å². The molecule has 25 heavy (non-hydrogen) atoms. The van der Waals surface area contributed by atoms with E-state index >= 15 is 0 Å². The van der Waals surface area contributed by atoms with E-state index in [1.807, 2.05) is 6.92 Å². The van der Waals surface area contributed by atoms with Gasteiger partial charge in [0.05, 0.1) is 6.61 Å². The Hall–Kier alpha value is -2.36. The van der Waals surface area contributed by atoms with E-state index in [0.717, 1.165) is 16.7 Å². The summed E-state index contributed by atoms with van der Waals surface area (Å²) in [7, 11) is 0. The minimum Gasteiger partial charge on any atom is -0.477 e. The molecule has 0 N–H and O–H groups in total. The Morgan fingerprint density at radius 3 is 2.36 bits per heavy atom. The van der Waals surface area contributed by atoms with Crippen LogP contribution in [0.3, 0.4) is 0 Å². The first-order valence-corrected chi connectivity index (χ1v) is 8.59. The molecule has 2 rings (SSSR count). The lowest BCUT2D eigenvalue weighted by atomic mass is 9.84. The highest BCUT2D eigenvalue weighted by Gasteiger charge is 2.18. The molecule has 0 atom stereocenters. The van der Waals surface area contributed by atoms with Crippen molar-refractivity contribution in [3.8, 4) is 5.88 Å². The number of hydrogen-bond acceptors (Lipinski definition) is 4. The van der Waals surface area contributed by atoms with Crippen LogP contribution in [0.4, 0.5) is 0 Å². The highest BCUT2D eigenvalue weighted by atomic mass is 16.5. The van der Waals surface area contributed by atoms with Crippen LogP contribution >= 0.6 is 0 Å². The smallest absolute Gasteiger partial charge is 0.343 e. The summed E-state index contributed by atoms with van der Waals surface area (Å²) in [6.07, 6.45) is 1.60. The molecule has 0 spiro atoms. The summed E-state index contributed by atoms with van der Waals surface area (Å²) >= 11 is 0. The Morgan fingerprint density at radius 1 is 1.16 bits per heavy atom. The quantitative estimate of drug-likeness (QED) is 0.736. The van der Waals surface area contributed by atoms with E-state index in [4.69, 9.17) is 9.47 Å². The van der Waals surface area contributed by atoms with E-state index < -0.39 is 5.97 Å². The number of nitrogens with zero attached hydrogens (tertiary/aromatic N) is 1. The maximum atomic E-state index is 12.4. The fourth-order valence-corrected chi connectivity index (χ4v) is 2.67. The molecule has 2 aromatic rings. The SMILES string of the molecule is CCOc1ncccc1C(=O)OCc1c(C)cc(C(C)(C)C)cc1C. The van der Waals surface area contributed by atoms with Gasteiger partial charge in [-0.05, 0) is 60.6 Å². The molecule has 1 aromatic carbocycles. The molecule has 0 saturated carbocycles. The van der Waals surface area contributed by atoms with E-state index in [2.05, 4.69) is 51.7 Å². The molecule has 0 aliphatic rings. The zero-order valence-corrected chi connectivity index (χ0v) is 16.0. The normalized spacial score (nSPS) is 11.3. The van der Waals surface area contributed by atoms with Gasteiger partial charge >= 0.3 is 5.97 Å². The number of aromatic nitrogens is 1. The van der Waals surface area contributed by atoms with Crippen LogP contribution in [0.15, 0.2) is 30.5 Å². The Kier molecular flexibility index (Phi) is 5.83. The largest absolute Gasteiger partial charge is 0.477 e. The third kappa shape index (κ3) is 4.59. The summed E-state index contributed by atoms with van der Waals surface area (Å²) in [6.45, 7) is 13.2. The number of carbonyl (C=O) groups excluding carboxylic acids is 1. The van der Waals surface area contributed by atoms with Gasteiger partial charge in [0, 0.05) is 6.20 Å². The van der Waals surface area contributed by atoms with Crippen LogP contribution in [0, 0.1) is 13.8 Å². The zero-order valence-electron chi connectivity index (χ0n) is 16.0. The topological polar surface area (TPSA) is 48.4 Å². The maximum absolute atomic E-state index is 12.4. The predicted molar refractivity (Wildman–Crippen MR) is 99.1 cm³/mol. The van der Waals surface area contributed by atoms with Crippen molar-refractivity contribution in [2.75, 3.05) is 6.61 Å².